The fourth-order valence-corrected chi connectivity index (χ4v) is 2.77. The van der Waals surface area contributed by atoms with E-state index in [1.165, 1.54) is 5.56 Å². The molecule has 3 N–H and O–H groups in total. The first kappa shape index (κ1) is 19.6. The highest BCUT2D eigenvalue weighted by atomic mass is 16.3. The molecule has 1 aromatic carbocycles. The Bertz CT molecular complexity index is 820. The zero-order valence-electron chi connectivity index (χ0n) is 15.8. The van der Waals surface area contributed by atoms with Gasteiger partial charge in [-0.2, -0.15) is 0 Å². The average Bonchev–Trinajstić information content (AvgIpc) is 3.26. The monoisotopic (exact) mass is 378 g/mol. The first-order chi connectivity index (χ1) is 13.8. The molecule has 0 bridgehead atoms. The van der Waals surface area contributed by atoms with Crippen molar-refractivity contribution in [2.75, 3.05) is 19.6 Å². The second kappa shape index (κ2) is 10.9. The molecular weight excluding hydrogens is 352 g/mol. The largest absolute Gasteiger partial charge is 0.469 e. The molecule has 6 heteroatoms. The van der Waals surface area contributed by atoms with E-state index in [0.29, 0.717) is 12.5 Å². The Labute approximate surface area is 165 Å². The number of aliphatic hydroxyl groups excluding tert-OH is 1. The zero-order valence-corrected chi connectivity index (χ0v) is 15.8. The molecule has 2 heterocycles. The highest BCUT2D eigenvalue weighted by molar-refractivity contribution is 5.79. The average molecular weight is 378 g/mol. The van der Waals surface area contributed by atoms with Gasteiger partial charge in [0.2, 0.25) is 0 Å². The van der Waals surface area contributed by atoms with Crippen molar-refractivity contribution in [3.63, 3.8) is 0 Å². The Kier molecular flexibility index (Phi) is 7.64. The van der Waals surface area contributed by atoms with E-state index in [-0.39, 0.29) is 6.54 Å². The lowest BCUT2D eigenvalue weighted by atomic mass is 10.1. The van der Waals surface area contributed by atoms with Crippen LogP contribution in [0.4, 0.5) is 0 Å². The van der Waals surface area contributed by atoms with Gasteiger partial charge in [0.25, 0.3) is 0 Å². The van der Waals surface area contributed by atoms with Crippen LogP contribution in [0.1, 0.15) is 23.0 Å². The predicted molar refractivity (Wildman–Crippen MR) is 110 cm³/mol. The number of pyridine rings is 1. The van der Waals surface area contributed by atoms with Crippen molar-refractivity contribution < 1.29 is 9.52 Å². The van der Waals surface area contributed by atoms with Crippen molar-refractivity contribution in [2.24, 2.45) is 4.99 Å². The van der Waals surface area contributed by atoms with Gasteiger partial charge < -0.3 is 20.2 Å². The van der Waals surface area contributed by atoms with Gasteiger partial charge in [0.1, 0.15) is 5.76 Å². The molecule has 0 spiro atoms. The summed E-state index contributed by atoms with van der Waals surface area (Å²) in [6, 6.07) is 17.7. The maximum Gasteiger partial charge on any atom is 0.191 e. The van der Waals surface area contributed by atoms with Gasteiger partial charge >= 0.3 is 0 Å². The van der Waals surface area contributed by atoms with Crippen LogP contribution >= 0.6 is 0 Å². The lowest BCUT2D eigenvalue weighted by Gasteiger charge is -2.14. The van der Waals surface area contributed by atoms with Gasteiger partial charge in [-0.15, -0.1) is 0 Å². The molecule has 6 nitrogen and oxygen atoms in total. The van der Waals surface area contributed by atoms with Crippen LogP contribution in [0, 0.1) is 0 Å². The molecule has 0 saturated heterocycles. The van der Waals surface area contributed by atoms with Crippen LogP contribution in [-0.2, 0) is 12.8 Å². The number of aliphatic hydroxyl groups is 1. The highest BCUT2D eigenvalue weighted by Gasteiger charge is 2.07. The van der Waals surface area contributed by atoms with E-state index in [0.717, 1.165) is 30.7 Å². The lowest BCUT2D eigenvalue weighted by molar-refractivity contribution is 0.187. The van der Waals surface area contributed by atoms with Crippen molar-refractivity contribution in [3.05, 3.63) is 90.1 Å². The Morgan fingerprint density at radius 3 is 2.43 bits per heavy atom. The first-order valence-corrected chi connectivity index (χ1v) is 9.48. The van der Waals surface area contributed by atoms with Crippen LogP contribution in [0.5, 0.6) is 0 Å². The Hall–Kier alpha value is -3.12. The third kappa shape index (κ3) is 6.55. The summed E-state index contributed by atoms with van der Waals surface area (Å²) in [5, 5.41) is 17.0. The van der Waals surface area contributed by atoms with Gasteiger partial charge in [-0.05, 0) is 41.8 Å². The SMILES string of the molecule is OC(CN=C(NCCc1ccccc1)NCCc1ccco1)c1ccncc1. The van der Waals surface area contributed by atoms with Gasteiger partial charge in [0, 0.05) is 31.9 Å². The number of furan rings is 1. The van der Waals surface area contributed by atoms with E-state index in [1.807, 2.05) is 30.3 Å². The van der Waals surface area contributed by atoms with Crippen LogP contribution < -0.4 is 10.6 Å². The minimum Gasteiger partial charge on any atom is -0.469 e. The van der Waals surface area contributed by atoms with E-state index in [1.54, 1.807) is 30.8 Å². The van der Waals surface area contributed by atoms with E-state index in [4.69, 9.17) is 4.42 Å². The Morgan fingerprint density at radius 2 is 1.71 bits per heavy atom. The van der Waals surface area contributed by atoms with E-state index < -0.39 is 6.10 Å². The fourth-order valence-electron chi connectivity index (χ4n) is 2.77. The van der Waals surface area contributed by atoms with E-state index in [2.05, 4.69) is 32.7 Å². The number of rotatable bonds is 9. The molecule has 0 amide bonds. The first-order valence-electron chi connectivity index (χ1n) is 9.48. The van der Waals surface area contributed by atoms with Gasteiger partial charge in [-0.25, -0.2) is 0 Å². The fraction of sp³-hybridized carbons (Fsp3) is 0.273. The number of nitrogens with zero attached hydrogens (tertiary/aromatic N) is 2. The summed E-state index contributed by atoms with van der Waals surface area (Å²) >= 11 is 0. The normalized spacial score (nSPS) is 12.5. The molecule has 1 unspecified atom stereocenters. The van der Waals surface area contributed by atoms with Crippen molar-refractivity contribution in [1.82, 2.24) is 15.6 Å². The van der Waals surface area contributed by atoms with Crippen LogP contribution in [0.2, 0.25) is 0 Å². The molecule has 1 atom stereocenters. The van der Waals surface area contributed by atoms with E-state index >= 15 is 0 Å². The third-order valence-electron chi connectivity index (χ3n) is 4.31. The summed E-state index contributed by atoms with van der Waals surface area (Å²) in [6.07, 6.45) is 6.01. The topological polar surface area (TPSA) is 82.7 Å². The summed E-state index contributed by atoms with van der Waals surface area (Å²) in [5.41, 5.74) is 2.07. The number of hydrogen-bond donors (Lipinski definition) is 3. The maximum absolute atomic E-state index is 10.3. The molecule has 0 radical (unpaired) electrons. The van der Waals surface area contributed by atoms with Gasteiger partial charge in [-0.1, -0.05) is 30.3 Å². The third-order valence-corrected chi connectivity index (χ3v) is 4.31. The summed E-state index contributed by atoms with van der Waals surface area (Å²) in [6.45, 7) is 1.71. The minimum absolute atomic E-state index is 0.269. The van der Waals surface area contributed by atoms with Crippen molar-refractivity contribution in [2.45, 2.75) is 18.9 Å². The molecular formula is C22H26N4O2. The molecule has 0 saturated carbocycles. The second-order valence-corrected chi connectivity index (χ2v) is 6.40. The summed E-state index contributed by atoms with van der Waals surface area (Å²) < 4.78 is 5.36. The van der Waals surface area contributed by atoms with Crippen molar-refractivity contribution in [1.29, 1.82) is 0 Å². The predicted octanol–water partition coefficient (Wildman–Crippen LogP) is 2.73. The van der Waals surface area contributed by atoms with E-state index in [9.17, 15) is 5.11 Å². The van der Waals surface area contributed by atoms with Crippen LogP contribution in [0.25, 0.3) is 0 Å². The van der Waals surface area contributed by atoms with Gasteiger partial charge in [-0.3, -0.25) is 9.98 Å². The standard InChI is InChI=1S/C22H26N4O2/c27-21(19-9-12-23-13-10-19)17-26-22(25-15-11-20-7-4-16-28-20)24-14-8-18-5-2-1-3-6-18/h1-7,9-10,12-13,16,21,27H,8,11,14-15,17H2,(H2,24,25,26). The Balaban J connectivity index is 1.54. The smallest absolute Gasteiger partial charge is 0.191 e. The second-order valence-electron chi connectivity index (χ2n) is 6.40. The molecule has 146 valence electrons. The van der Waals surface area contributed by atoms with Crippen LogP contribution in [0.15, 0.2) is 82.7 Å². The molecule has 0 aliphatic carbocycles. The molecule has 0 aliphatic rings. The number of guanidine groups is 1. The molecule has 2 aromatic heterocycles. The molecule has 3 aromatic rings. The van der Waals surface area contributed by atoms with Gasteiger partial charge in [0.15, 0.2) is 5.96 Å². The summed E-state index contributed by atoms with van der Waals surface area (Å²) in [7, 11) is 0. The number of hydrogen-bond acceptors (Lipinski definition) is 4. The quantitative estimate of drug-likeness (QED) is 0.394. The number of benzene rings is 1. The number of aliphatic imine (C=N–C) groups is 1. The number of nitrogens with one attached hydrogen (secondary N) is 2. The van der Waals surface area contributed by atoms with Crippen molar-refractivity contribution in [3.8, 4) is 0 Å². The van der Waals surface area contributed by atoms with Crippen LogP contribution in [-0.4, -0.2) is 35.7 Å². The summed E-state index contributed by atoms with van der Waals surface area (Å²) in [4.78, 5) is 8.52. The Morgan fingerprint density at radius 1 is 0.964 bits per heavy atom. The van der Waals surface area contributed by atoms with Crippen LogP contribution in [0.3, 0.4) is 0 Å². The molecule has 0 fully saturated rings. The lowest BCUT2D eigenvalue weighted by Crippen LogP contribution is -2.39. The number of aromatic nitrogens is 1. The maximum atomic E-state index is 10.3. The van der Waals surface area contributed by atoms with Crippen molar-refractivity contribution >= 4 is 5.96 Å². The highest BCUT2D eigenvalue weighted by Crippen LogP contribution is 2.11. The molecule has 3 rings (SSSR count). The van der Waals surface area contributed by atoms with Gasteiger partial charge in [0.05, 0.1) is 18.9 Å². The zero-order chi connectivity index (χ0) is 19.4. The summed E-state index contributed by atoms with van der Waals surface area (Å²) in [5.74, 6) is 1.60. The minimum atomic E-state index is -0.666. The molecule has 28 heavy (non-hydrogen) atoms. The molecule has 0 aliphatic heterocycles.